The van der Waals surface area contributed by atoms with Gasteiger partial charge < -0.3 is 10.2 Å². The summed E-state index contributed by atoms with van der Waals surface area (Å²) in [5.41, 5.74) is 1.87. The van der Waals surface area contributed by atoms with Crippen LogP contribution < -0.4 is 10.2 Å². The van der Waals surface area contributed by atoms with Crippen molar-refractivity contribution < 1.29 is 4.39 Å². The molecule has 0 aliphatic heterocycles. The lowest BCUT2D eigenvalue weighted by Crippen LogP contribution is -2.21. The Labute approximate surface area is 117 Å². The van der Waals surface area contributed by atoms with Crippen LogP contribution in [-0.4, -0.2) is 14.1 Å². The fourth-order valence-corrected chi connectivity index (χ4v) is 2.91. The first kappa shape index (κ1) is 14.0. The number of benzene rings is 1. The molecule has 1 atom stereocenters. The molecule has 0 saturated carbocycles. The highest BCUT2D eigenvalue weighted by Crippen LogP contribution is 2.29. The Morgan fingerprint density at radius 2 is 2.16 bits per heavy atom. The van der Waals surface area contributed by atoms with Gasteiger partial charge in [0.1, 0.15) is 5.82 Å². The van der Waals surface area contributed by atoms with Gasteiger partial charge in [0.15, 0.2) is 0 Å². The second-order valence-corrected chi connectivity index (χ2v) is 5.63. The summed E-state index contributed by atoms with van der Waals surface area (Å²) >= 11 is 1.72. The lowest BCUT2D eigenvalue weighted by molar-refractivity contribution is 0.621. The number of hydrogen-bond donors (Lipinski definition) is 1. The molecule has 0 spiro atoms. The Hall–Kier alpha value is -1.39. The molecule has 2 nitrogen and oxygen atoms in total. The average Bonchev–Trinajstić information content (AvgIpc) is 2.90. The van der Waals surface area contributed by atoms with Crippen LogP contribution in [-0.2, 0) is 6.54 Å². The Kier molecular flexibility index (Phi) is 4.56. The van der Waals surface area contributed by atoms with Crippen LogP contribution in [0.5, 0.6) is 0 Å². The molecule has 4 heteroatoms. The van der Waals surface area contributed by atoms with E-state index in [1.165, 1.54) is 4.88 Å². The maximum Gasteiger partial charge on any atom is 0.125 e. The molecule has 0 fully saturated rings. The number of nitrogens with one attached hydrogen (secondary N) is 1. The molecule has 1 N–H and O–H groups in total. The van der Waals surface area contributed by atoms with E-state index in [9.17, 15) is 4.39 Å². The lowest BCUT2D eigenvalue weighted by Gasteiger charge is -2.26. The number of nitrogens with zero attached hydrogens (tertiary/aromatic N) is 1. The van der Waals surface area contributed by atoms with Gasteiger partial charge in [-0.3, -0.25) is 0 Å². The summed E-state index contributed by atoms with van der Waals surface area (Å²) in [7, 11) is 3.87. The lowest BCUT2D eigenvalue weighted by atomic mass is 10.1. The van der Waals surface area contributed by atoms with Gasteiger partial charge in [-0.2, -0.15) is 0 Å². The van der Waals surface area contributed by atoms with Crippen LogP contribution in [0.3, 0.4) is 0 Å². The summed E-state index contributed by atoms with van der Waals surface area (Å²) in [5.74, 6) is -0.187. The molecule has 0 aliphatic carbocycles. The fraction of sp³-hybridized carbons (Fsp3) is 0.333. The Morgan fingerprint density at radius 1 is 1.37 bits per heavy atom. The minimum Gasteiger partial charge on any atom is -0.367 e. The molecule has 0 saturated heterocycles. The zero-order chi connectivity index (χ0) is 13.8. The molecule has 102 valence electrons. The Balaban J connectivity index is 2.25. The van der Waals surface area contributed by atoms with Crippen molar-refractivity contribution in [1.82, 2.24) is 5.32 Å². The van der Waals surface area contributed by atoms with E-state index < -0.39 is 0 Å². The molecule has 0 radical (unpaired) electrons. The monoisotopic (exact) mass is 278 g/mol. The number of hydrogen-bond acceptors (Lipinski definition) is 3. The molecule has 2 rings (SSSR count). The third-order valence-corrected chi connectivity index (χ3v) is 4.31. The maximum atomic E-state index is 13.7. The number of halogens is 1. The standard InChI is InChI=1S/C15H19FN2S/c1-11(15-5-4-6-19-15)18(3)14-8-12(10-17-2)7-13(16)9-14/h4-9,11,17H,10H2,1-3H3. The van der Waals surface area contributed by atoms with E-state index in [-0.39, 0.29) is 11.9 Å². The Morgan fingerprint density at radius 3 is 2.79 bits per heavy atom. The summed E-state index contributed by atoms with van der Waals surface area (Å²) in [6, 6.07) is 9.59. The van der Waals surface area contributed by atoms with Crippen molar-refractivity contribution in [1.29, 1.82) is 0 Å². The molecule has 1 heterocycles. The zero-order valence-corrected chi connectivity index (χ0v) is 12.3. The van der Waals surface area contributed by atoms with Gasteiger partial charge in [0, 0.05) is 24.2 Å². The molecule has 1 aromatic heterocycles. The van der Waals surface area contributed by atoms with E-state index in [0.29, 0.717) is 6.54 Å². The number of rotatable bonds is 5. The first-order valence-corrected chi connectivity index (χ1v) is 7.20. The van der Waals surface area contributed by atoms with Crippen LogP contribution >= 0.6 is 11.3 Å². The van der Waals surface area contributed by atoms with Crippen molar-refractivity contribution in [2.24, 2.45) is 0 Å². The molecule has 0 aliphatic rings. The van der Waals surface area contributed by atoms with Crippen molar-refractivity contribution >= 4 is 17.0 Å². The van der Waals surface area contributed by atoms with Crippen molar-refractivity contribution in [2.75, 3.05) is 19.0 Å². The predicted octanol–water partition coefficient (Wildman–Crippen LogP) is 3.80. The maximum absolute atomic E-state index is 13.7. The van der Waals surface area contributed by atoms with E-state index in [1.807, 2.05) is 26.2 Å². The summed E-state index contributed by atoms with van der Waals surface area (Å²) in [4.78, 5) is 3.38. The number of thiophene rings is 1. The van der Waals surface area contributed by atoms with Gasteiger partial charge in [0.2, 0.25) is 0 Å². The molecule has 2 aromatic rings. The predicted molar refractivity (Wildman–Crippen MR) is 80.3 cm³/mol. The van der Waals surface area contributed by atoms with Gasteiger partial charge in [0.05, 0.1) is 6.04 Å². The smallest absolute Gasteiger partial charge is 0.125 e. The van der Waals surface area contributed by atoms with E-state index in [2.05, 4.69) is 28.6 Å². The minimum atomic E-state index is -0.187. The first-order valence-electron chi connectivity index (χ1n) is 6.32. The van der Waals surface area contributed by atoms with Gasteiger partial charge in [-0.1, -0.05) is 6.07 Å². The first-order chi connectivity index (χ1) is 9.11. The van der Waals surface area contributed by atoms with Crippen molar-refractivity contribution in [3.8, 4) is 0 Å². The van der Waals surface area contributed by atoms with Crippen LogP contribution in [0.25, 0.3) is 0 Å². The quantitative estimate of drug-likeness (QED) is 0.895. The SMILES string of the molecule is CNCc1cc(F)cc(N(C)C(C)c2cccs2)c1. The second-order valence-electron chi connectivity index (χ2n) is 4.65. The van der Waals surface area contributed by atoms with Crippen LogP contribution in [0, 0.1) is 5.82 Å². The largest absolute Gasteiger partial charge is 0.367 e. The number of anilines is 1. The molecule has 1 aromatic carbocycles. The normalized spacial score (nSPS) is 12.4. The Bertz CT molecular complexity index is 525. The zero-order valence-electron chi connectivity index (χ0n) is 11.5. The summed E-state index contributed by atoms with van der Waals surface area (Å²) < 4.78 is 13.7. The molecule has 19 heavy (non-hydrogen) atoms. The van der Waals surface area contributed by atoms with Crippen LogP contribution in [0.2, 0.25) is 0 Å². The van der Waals surface area contributed by atoms with Gasteiger partial charge in [-0.05, 0) is 49.2 Å². The summed E-state index contributed by atoms with van der Waals surface area (Å²) in [5, 5.41) is 5.12. The van der Waals surface area contributed by atoms with E-state index in [1.54, 1.807) is 23.5 Å². The third-order valence-electron chi connectivity index (χ3n) is 3.27. The minimum absolute atomic E-state index is 0.187. The van der Waals surface area contributed by atoms with Crippen molar-refractivity contribution in [3.05, 3.63) is 52.0 Å². The molecular weight excluding hydrogens is 259 g/mol. The van der Waals surface area contributed by atoms with Gasteiger partial charge in [-0.25, -0.2) is 4.39 Å². The van der Waals surface area contributed by atoms with E-state index >= 15 is 0 Å². The summed E-state index contributed by atoms with van der Waals surface area (Å²) in [6.07, 6.45) is 0. The highest BCUT2D eigenvalue weighted by atomic mass is 32.1. The van der Waals surface area contributed by atoms with Crippen LogP contribution in [0.4, 0.5) is 10.1 Å². The van der Waals surface area contributed by atoms with Gasteiger partial charge in [0.25, 0.3) is 0 Å². The van der Waals surface area contributed by atoms with E-state index in [4.69, 9.17) is 0 Å². The molecule has 0 amide bonds. The van der Waals surface area contributed by atoms with Crippen molar-refractivity contribution in [3.63, 3.8) is 0 Å². The molecule has 1 unspecified atom stereocenters. The van der Waals surface area contributed by atoms with Crippen molar-refractivity contribution in [2.45, 2.75) is 19.5 Å². The van der Waals surface area contributed by atoms with E-state index in [0.717, 1.165) is 11.3 Å². The van der Waals surface area contributed by atoms with Gasteiger partial charge in [-0.15, -0.1) is 11.3 Å². The molecule has 0 bridgehead atoms. The highest BCUT2D eigenvalue weighted by molar-refractivity contribution is 7.10. The highest BCUT2D eigenvalue weighted by Gasteiger charge is 2.14. The third kappa shape index (κ3) is 3.33. The molecular formula is C15H19FN2S. The summed E-state index contributed by atoms with van der Waals surface area (Å²) in [6.45, 7) is 2.81. The topological polar surface area (TPSA) is 15.3 Å². The van der Waals surface area contributed by atoms with Crippen LogP contribution in [0.15, 0.2) is 35.7 Å². The fourth-order valence-electron chi connectivity index (χ4n) is 2.09. The second kappa shape index (κ2) is 6.17. The van der Waals surface area contributed by atoms with Gasteiger partial charge >= 0.3 is 0 Å². The van der Waals surface area contributed by atoms with Crippen LogP contribution in [0.1, 0.15) is 23.4 Å². The average molecular weight is 278 g/mol.